The van der Waals surface area contributed by atoms with Crippen LogP contribution in [-0.2, 0) is 26.0 Å². The number of anilines is 2. The molecule has 0 atom stereocenters. The highest BCUT2D eigenvalue weighted by atomic mass is 32.2. The Kier molecular flexibility index (Phi) is 8.07. The standard InChI is InChI=1S/C25H27F3N4O5S/c26-25(27,28)24(35)32-14-11-18-15-20(9-10-21(18)32)38(36,37)30-13-12-29-22(33)17-5-7-19(8-6-17)31-23(34)16-3-1-2-4-16/h5-10,15-16,30H,1-4,11-14H2,(H,29,33)(H,31,34). The predicted octanol–water partition coefficient (Wildman–Crippen LogP) is 2.98. The molecule has 204 valence electrons. The number of amides is 3. The highest BCUT2D eigenvalue weighted by Crippen LogP contribution is 2.33. The van der Waals surface area contributed by atoms with Gasteiger partial charge in [0.15, 0.2) is 0 Å². The van der Waals surface area contributed by atoms with E-state index in [9.17, 15) is 36.0 Å². The monoisotopic (exact) mass is 552 g/mol. The van der Waals surface area contributed by atoms with Crippen molar-refractivity contribution in [2.45, 2.75) is 43.2 Å². The quantitative estimate of drug-likeness (QED) is 0.435. The molecule has 9 nitrogen and oxygen atoms in total. The molecule has 1 aliphatic heterocycles. The Hall–Kier alpha value is -3.45. The first-order valence-corrected chi connectivity index (χ1v) is 13.6. The van der Waals surface area contributed by atoms with Gasteiger partial charge in [0, 0.05) is 42.5 Å². The summed E-state index contributed by atoms with van der Waals surface area (Å²) >= 11 is 0. The summed E-state index contributed by atoms with van der Waals surface area (Å²) in [5.74, 6) is -2.43. The number of sulfonamides is 1. The smallest absolute Gasteiger partial charge is 0.351 e. The fourth-order valence-corrected chi connectivity index (χ4v) is 5.68. The number of fused-ring (bicyclic) bond motifs is 1. The van der Waals surface area contributed by atoms with Crippen molar-refractivity contribution in [3.05, 3.63) is 53.6 Å². The van der Waals surface area contributed by atoms with E-state index < -0.39 is 28.0 Å². The normalized spacial score (nSPS) is 15.8. The van der Waals surface area contributed by atoms with Crippen molar-refractivity contribution in [1.29, 1.82) is 0 Å². The van der Waals surface area contributed by atoms with Crippen LogP contribution in [0, 0.1) is 5.92 Å². The summed E-state index contributed by atoms with van der Waals surface area (Å²) in [5, 5.41) is 5.45. The maximum Gasteiger partial charge on any atom is 0.471 e. The van der Waals surface area contributed by atoms with Crippen LogP contribution in [0.4, 0.5) is 24.5 Å². The Morgan fingerprint density at radius 3 is 2.32 bits per heavy atom. The van der Waals surface area contributed by atoms with Crippen molar-refractivity contribution in [3.8, 4) is 0 Å². The molecule has 0 spiro atoms. The molecule has 2 aromatic carbocycles. The van der Waals surface area contributed by atoms with E-state index in [4.69, 9.17) is 0 Å². The molecule has 1 fully saturated rings. The molecular formula is C25H27F3N4O5S. The summed E-state index contributed by atoms with van der Waals surface area (Å²) in [6.07, 6.45) is -1.07. The molecule has 3 N–H and O–H groups in total. The zero-order valence-corrected chi connectivity index (χ0v) is 21.1. The average molecular weight is 553 g/mol. The van der Waals surface area contributed by atoms with E-state index in [0.717, 1.165) is 31.7 Å². The zero-order chi connectivity index (χ0) is 27.5. The number of nitrogens with one attached hydrogen (secondary N) is 3. The van der Waals surface area contributed by atoms with E-state index in [1.165, 1.54) is 12.1 Å². The lowest BCUT2D eigenvalue weighted by Gasteiger charge is -2.19. The molecule has 4 rings (SSSR count). The highest BCUT2D eigenvalue weighted by Gasteiger charge is 2.44. The van der Waals surface area contributed by atoms with Gasteiger partial charge in [-0.25, -0.2) is 13.1 Å². The number of carbonyl (C=O) groups excluding carboxylic acids is 3. The Labute approximate surface area is 217 Å². The van der Waals surface area contributed by atoms with Gasteiger partial charge in [0.25, 0.3) is 5.91 Å². The van der Waals surface area contributed by atoms with E-state index >= 15 is 0 Å². The van der Waals surface area contributed by atoms with Crippen LogP contribution in [0.1, 0.15) is 41.6 Å². The minimum atomic E-state index is -5.02. The predicted molar refractivity (Wildman–Crippen MR) is 133 cm³/mol. The van der Waals surface area contributed by atoms with E-state index in [1.807, 2.05) is 0 Å². The summed E-state index contributed by atoms with van der Waals surface area (Å²) in [7, 11) is -4.00. The van der Waals surface area contributed by atoms with Gasteiger partial charge in [0.1, 0.15) is 0 Å². The second-order valence-corrected chi connectivity index (χ2v) is 11.0. The van der Waals surface area contributed by atoms with Gasteiger partial charge in [0.05, 0.1) is 4.90 Å². The third kappa shape index (κ3) is 6.33. The van der Waals surface area contributed by atoms with Crippen molar-refractivity contribution in [3.63, 3.8) is 0 Å². The molecule has 0 radical (unpaired) electrons. The Balaban J connectivity index is 1.26. The number of alkyl halides is 3. The number of carbonyl (C=O) groups is 3. The first kappa shape index (κ1) is 27.6. The molecule has 13 heteroatoms. The van der Waals surface area contributed by atoms with E-state index in [1.54, 1.807) is 24.3 Å². The topological polar surface area (TPSA) is 125 Å². The van der Waals surface area contributed by atoms with Gasteiger partial charge in [-0.2, -0.15) is 13.2 Å². The number of benzene rings is 2. The van der Waals surface area contributed by atoms with Gasteiger partial charge in [-0.15, -0.1) is 0 Å². The Morgan fingerprint density at radius 1 is 0.974 bits per heavy atom. The number of nitrogens with zero attached hydrogens (tertiary/aromatic N) is 1. The highest BCUT2D eigenvalue weighted by molar-refractivity contribution is 7.89. The van der Waals surface area contributed by atoms with E-state index in [-0.39, 0.29) is 48.5 Å². The second-order valence-electron chi connectivity index (χ2n) is 9.20. The van der Waals surface area contributed by atoms with E-state index in [0.29, 0.717) is 21.7 Å². The third-order valence-electron chi connectivity index (χ3n) is 6.59. The summed E-state index contributed by atoms with van der Waals surface area (Å²) in [6.45, 7) is -0.332. The van der Waals surface area contributed by atoms with Crippen LogP contribution in [0.25, 0.3) is 0 Å². The van der Waals surface area contributed by atoms with Crippen LogP contribution < -0.4 is 20.3 Å². The van der Waals surface area contributed by atoms with Crippen LogP contribution in [0.2, 0.25) is 0 Å². The minimum Gasteiger partial charge on any atom is -0.351 e. The zero-order valence-electron chi connectivity index (χ0n) is 20.3. The molecule has 0 bridgehead atoms. The van der Waals surface area contributed by atoms with Crippen molar-refractivity contribution in [2.24, 2.45) is 5.92 Å². The maximum atomic E-state index is 12.8. The van der Waals surface area contributed by atoms with Crippen LogP contribution in [0.5, 0.6) is 0 Å². The average Bonchev–Trinajstić information content (AvgIpc) is 3.56. The third-order valence-corrected chi connectivity index (χ3v) is 8.05. The molecule has 0 aromatic heterocycles. The fraction of sp³-hybridized carbons (Fsp3) is 0.400. The van der Waals surface area contributed by atoms with Gasteiger partial charge in [-0.05, 0) is 67.3 Å². The molecule has 0 saturated heterocycles. The lowest BCUT2D eigenvalue weighted by Crippen LogP contribution is -2.40. The second kappa shape index (κ2) is 11.1. The van der Waals surface area contributed by atoms with Crippen LogP contribution in [-0.4, -0.2) is 51.9 Å². The molecule has 3 amide bonds. The van der Waals surface area contributed by atoms with Gasteiger partial charge in [-0.1, -0.05) is 12.8 Å². The summed E-state index contributed by atoms with van der Waals surface area (Å²) in [4.78, 5) is 36.6. The number of hydrogen-bond donors (Lipinski definition) is 3. The molecule has 1 aliphatic carbocycles. The molecule has 1 saturated carbocycles. The van der Waals surface area contributed by atoms with Crippen LogP contribution in [0.3, 0.4) is 0 Å². The minimum absolute atomic E-state index is 0.0168. The lowest BCUT2D eigenvalue weighted by atomic mass is 10.1. The van der Waals surface area contributed by atoms with Gasteiger partial charge in [0.2, 0.25) is 15.9 Å². The van der Waals surface area contributed by atoms with Gasteiger partial charge >= 0.3 is 12.1 Å². The SMILES string of the molecule is O=C(NCCNS(=O)(=O)c1ccc2c(c1)CCN2C(=O)C(F)(F)F)c1ccc(NC(=O)C2CCCC2)cc1. The first-order valence-electron chi connectivity index (χ1n) is 12.2. The molecule has 1 heterocycles. The molecule has 0 unspecified atom stereocenters. The summed E-state index contributed by atoms with van der Waals surface area (Å²) in [5.41, 5.74) is 1.28. The van der Waals surface area contributed by atoms with Gasteiger partial charge < -0.3 is 15.5 Å². The van der Waals surface area contributed by atoms with Gasteiger partial charge in [-0.3, -0.25) is 14.4 Å². The summed E-state index contributed by atoms with van der Waals surface area (Å²) in [6, 6.07) is 9.93. The van der Waals surface area contributed by atoms with Crippen molar-refractivity contribution >= 4 is 39.1 Å². The number of hydrogen-bond acceptors (Lipinski definition) is 5. The summed E-state index contributed by atoms with van der Waals surface area (Å²) < 4.78 is 65.9. The lowest BCUT2D eigenvalue weighted by molar-refractivity contribution is -0.170. The Bertz CT molecular complexity index is 1320. The van der Waals surface area contributed by atoms with Crippen molar-refractivity contribution < 1.29 is 36.0 Å². The Morgan fingerprint density at radius 2 is 1.66 bits per heavy atom. The maximum absolute atomic E-state index is 12.8. The molecule has 2 aromatic rings. The van der Waals surface area contributed by atoms with Crippen molar-refractivity contribution in [2.75, 3.05) is 29.9 Å². The number of halogens is 3. The molecular weight excluding hydrogens is 525 g/mol. The fourth-order valence-electron chi connectivity index (χ4n) is 4.59. The van der Waals surface area contributed by atoms with Crippen LogP contribution in [0.15, 0.2) is 47.4 Å². The number of rotatable bonds is 8. The molecule has 2 aliphatic rings. The molecule has 38 heavy (non-hydrogen) atoms. The van der Waals surface area contributed by atoms with Crippen LogP contribution >= 0.6 is 0 Å². The van der Waals surface area contributed by atoms with Crippen molar-refractivity contribution in [1.82, 2.24) is 10.0 Å². The van der Waals surface area contributed by atoms with E-state index in [2.05, 4.69) is 15.4 Å². The first-order chi connectivity index (χ1) is 18.0. The largest absolute Gasteiger partial charge is 0.471 e.